The molecule has 0 aromatic heterocycles. The van der Waals surface area contributed by atoms with E-state index < -0.39 is 0 Å². The fourth-order valence-corrected chi connectivity index (χ4v) is 4.41. The molecule has 2 aliphatic rings. The average molecular weight is 256 g/mol. The van der Waals surface area contributed by atoms with Gasteiger partial charge in [0.2, 0.25) is 5.91 Å². The molecule has 1 heterocycles. The highest BCUT2D eigenvalue weighted by Crippen LogP contribution is 2.35. The molecule has 3 atom stereocenters. The van der Waals surface area contributed by atoms with E-state index in [9.17, 15) is 4.79 Å². The third kappa shape index (κ3) is 2.79. The first-order valence-corrected chi connectivity index (χ1v) is 7.98. The van der Waals surface area contributed by atoms with Gasteiger partial charge in [0.25, 0.3) is 0 Å². The van der Waals surface area contributed by atoms with Gasteiger partial charge in [0, 0.05) is 17.8 Å². The number of likely N-dealkylation sites (tertiary alicyclic amines) is 1. The Morgan fingerprint density at radius 2 is 2.18 bits per heavy atom. The lowest BCUT2D eigenvalue weighted by Gasteiger charge is -2.29. The highest BCUT2D eigenvalue weighted by atomic mass is 32.2. The van der Waals surface area contributed by atoms with Gasteiger partial charge in [-0.2, -0.15) is 11.8 Å². The number of hydrogen-bond acceptors (Lipinski definition) is 3. The molecule has 1 aliphatic carbocycles. The van der Waals surface area contributed by atoms with Crippen LogP contribution in [-0.2, 0) is 4.79 Å². The monoisotopic (exact) mass is 256 g/mol. The number of nitrogens with one attached hydrogen (secondary N) is 1. The minimum absolute atomic E-state index is 0.0906. The highest BCUT2D eigenvalue weighted by molar-refractivity contribution is 7.99. The lowest BCUT2D eigenvalue weighted by molar-refractivity contribution is -0.131. The van der Waals surface area contributed by atoms with Crippen LogP contribution in [0.15, 0.2) is 0 Å². The fourth-order valence-electron chi connectivity index (χ4n) is 3.14. The van der Waals surface area contributed by atoms with E-state index in [1.54, 1.807) is 0 Å². The highest BCUT2D eigenvalue weighted by Gasteiger charge is 2.40. The number of amides is 1. The SMILES string of the molecule is CCNC1CCN(C2CCCC2SCC)C1=O. The third-order valence-electron chi connectivity index (χ3n) is 3.89. The van der Waals surface area contributed by atoms with Gasteiger partial charge >= 0.3 is 0 Å². The van der Waals surface area contributed by atoms with Crippen LogP contribution in [0.25, 0.3) is 0 Å². The molecule has 0 radical (unpaired) electrons. The summed E-state index contributed by atoms with van der Waals surface area (Å²) in [5.41, 5.74) is 0. The van der Waals surface area contributed by atoms with E-state index in [1.165, 1.54) is 25.0 Å². The second-order valence-electron chi connectivity index (χ2n) is 4.92. The minimum atomic E-state index is 0.0906. The third-order valence-corrected chi connectivity index (χ3v) is 5.20. The molecule has 0 bridgehead atoms. The first-order valence-electron chi connectivity index (χ1n) is 6.93. The number of hydrogen-bond donors (Lipinski definition) is 1. The molecule has 2 fully saturated rings. The molecule has 1 amide bonds. The molecule has 0 aromatic carbocycles. The molecule has 1 saturated carbocycles. The largest absolute Gasteiger partial charge is 0.337 e. The van der Waals surface area contributed by atoms with Crippen molar-refractivity contribution < 1.29 is 4.79 Å². The Balaban J connectivity index is 1.96. The quantitative estimate of drug-likeness (QED) is 0.815. The molecule has 1 saturated heterocycles. The molecule has 0 spiro atoms. The summed E-state index contributed by atoms with van der Waals surface area (Å²) in [5, 5.41) is 3.98. The van der Waals surface area contributed by atoms with Crippen LogP contribution in [0.1, 0.15) is 39.5 Å². The van der Waals surface area contributed by atoms with Crippen molar-refractivity contribution in [1.82, 2.24) is 10.2 Å². The van der Waals surface area contributed by atoms with Gasteiger partial charge in [-0.3, -0.25) is 4.79 Å². The Kier molecular flexibility index (Phi) is 4.74. The van der Waals surface area contributed by atoms with Crippen LogP contribution >= 0.6 is 11.8 Å². The Bertz CT molecular complexity index is 272. The molecule has 4 heteroatoms. The second kappa shape index (κ2) is 6.10. The lowest BCUT2D eigenvalue weighted by atomic mass is 10.2. The molecule has 17 heavy (non-hydrogen) atoms. The molecule has 1 N–H and O–H groups in total. The summed E-state index contributed by atoms with van der Waals surface area (Å²) in [6.45, 7) is 6.14. The zero-order valence-electron chi connectivity index (χ0n) is 10.9. The van der Waals surface area contributed by atoms with E-state index in [0.717, 1.165) is 19.5 Å². The zero-order valence-corrected chi connectivity index (χ0v) is 11.8. The van der Waals surface area contributed by atoms with Gasteiger partial charge in [-0.25, -0.2) is 0 Å². The van der Waals surface area contributed by atoms with Crippen molar-refractivity contribution in [2.75, 3.05) is 18.8 Å². The van der Waals surface area contributed by atoms with E-state index in [1.807, 2.05) is 11.8 Å². The molecular weight excluding hydrogens is 232 g/mol. The predicted octanol–water partition coefficient (Wildman–Crippen LogP) is 1.87. The molecule has 98 valence electrons. The maximum Gasteiger partial charge on any atom is 0.240 e. The number of carbonyl (C=O) groups is 1. The van der Waals surface area contributed by atoms with Crippen molar-refractivity contribution in [1.29, 1.82) is 0 Å². The Morgan fingerprint density at radius 1 is 1.35 bits per heavy atom. The minimum Gasteiger partial charge on any atom is -0.337 e. The van der Waals surface area contributed by atoms with Crippen molar-refractivity contribution in [3.05, 3.63) is 0 Å². The maximum atomic E-state index is 12.3. The van der Waals surface area contributed by atoms with Crippen LogP contribution in [0, 0.1) is 0 Å². The van der Waals surface area contributed by atoms with Gasteiger partial charge in [-0.05, 0) is 31.6 Å². The van der Waals surface area contributed by atoms with Crippen LogP contribution in [-0.4, -0.2) is 47.0 Å². The second-order valence-corrected chi connectivity index (χ2v) is 6.44. The number of thioether (sulfide) groups is 1. The van der Waals surface area contributed by atoms with Crippen LogP contribution in [0.3, 0.4) is 0 Å². The van der Waals surface area contributed by atoms with E-state index >= 15 is 0 Å². The number of nitrogens with zero attached hydrogens (tertiary/aromatic N) is 1. The molecule has 0 aromatic rings. The predicted molar refractivity (Wildman–Crippen MR) is 73.4 cm³/mol. The van der Waals surface area contributed by atoms with Gasteiger partial charge < -0.3 is 10.2 Å². The summed E-state index contributed by atoms with van der Waals surface area (Å²) in [4.78, 5) is 14.4. The van der Waals surface area contributed by atoms with Crippen molar-refractivity contribution in [3.63, 3.8) is 0 Å². The smallest absolute Gasteiger partial charge is 0.240 e. The molecule has 3 nitrogen and oxygen atoms in total. The summed E-state index contributed by atoms with van der Waals surface area (Å²) in [7, 11) is 0. The number of carbonyl (C=O) groups excluding carboxylic acids is 1. The van der Waals surface area contributed by atoms with Crippen molar-refractivity contribution >= 4 is 17.7 Å². The maximum absolute atomic E-state index is 12.3. The standard InChI is InChI=1S/C13H24N2OS/c1-3-14-10-8-9-15(13(10)16)11-6-5-7-12(11)17-4-2/h10-12,14H,3-9H2,1-2H3. The Morgan fingerprint density at radius 3 is 2.88 bits per heavy atom. The van der Waals surface area contributed by atoms with Crippen LogP contribution in [0.5, 0.6) is 0 Å². The van der Waals surface area contributed by atoms with Gasteiger partial charge in [-0.15, -0.1) is 0 Å². The number of rotatable bonds is 5. The lowest BCUT2D eigenvalue weighted by Crippen LogP contribution is -2.45. The molecule has 1 aliphatic heterocycles. The summed E-state index contributed by atoms with van der Waals surface area (Å²) < 4.78 is 0. The Labute approximate surface area is 109 Å². The Hall–Kier alpha value is -0.220. The van der Waals surface area contributed by atoms with Crippen molar-refractivity contribution in [2.24, 2.45) is 0 Å². The molecular formula is C13H24N2OS. The van der Waals surface area contributed by atoms with Crippen LogP contribution < -0.4 is 5.32 Å². The topological polar surface area (TPSA) is 32.3 Å². The molecule has 2 rings (SSSR count). The van der Waals surface area contributed by atoms with Gasteiger partial charge in [0.05, 0.1) is 6.04 Å². The van der Waals surface area contributed by atoms with Crippen molar-refractivity contribution in [3.8, 4) is 0 Å². The van der Waals surface area contributed by atoms with E-state index in [4.69, 9.17) is 0 Å². The van der Waals surface area contributed by atoms with Crippen LogP contribution in [0.2, 0.25) is 0 Å². The average Bonchev–Trinajstić information content (AvgIpc) is 2.89. The van der Waals surface area contributed by atoms with Gasteiger partial charge in [0.1, 0.15) is 0 Å². The zero-order chi connectivity index (χ0) is 12.3. The summed E-state index contributed by atoms with van der Waals surface area (Å²) >= 11 is 2.04. The van der Waals surface area contributed by atoms with Gasteiger partial charge in [0.15, 0.2) is 0 Å². The normalized spacial score (nSPS) is 33.6. The summed E-state index contributed by atoms with van der Waals surface area (Å²) in [6.07, 6.45) is 4.78. The summed E-state index contributed by atoms with van der Waals surface area (Å²) in [5.74, 6) is 1.51. The first-order chi connectivity index (χ1) is 8.27. The molecule has 3 unspecified atom stereocenters. The van der Waals surface area contributed by atoms with E-state index in [-0.39, 0.29) is 6.04 Å². The van der Waals surface area contributed by atoms with Crippen molar-refractivity contribution in [2.45, 2.75) is 56.9 Å². The van der Waals surface area contributed by atoms with E-state index in [2.05, 4.69) is 24.1 Å². The van der Waals surface area contributed by atoms with E-state index in [0.29, 0.717) is 17.2 Å². The van der Waals surface area contributed by atoms with Crippen LogP contribution in [0.4, 0.5) is 0 Å². The van der Waals surface area contributed by atoms with Gasteiger partial charge in [-0.1, -0.05) is 20.3 Å². The fraction of sp³-hybridized carbons (Fsp3) is 0.923. The number of likely N-dealkylation sites (N-methyl/N-ethyl adjacent to an activating group) is 1. The summed E-state index contributed by atoms with van der Waals surface area (Å²) in [6, 6.07) is 0.601. The first kappa shape index (κ1) is 13.2.